The minimum atomic E-state index is -4.57. The van der Waals surface area contributed by atoms with Crippen LogP contribution in [0.5, 0.6) is 0 Å². The molecule has 0 atom stereocenters. The fourth-order valence-corrected chi connectivity index (χ4v) is 2.06. The van der Waals surface area contributed by atoms with Crippen molar-refractivity contribution in [3.05, 3.63) is 47.4 Å². The number of hydrogen-bond acceptors (Lipinski definition) is 3. The van der Waals surface area contributed by atoms with Crippen molar-refractivity contribution in [2.45, 2.75) is 12.7 Å². The van der Waals surface area contributed by atoms with Crippen molar-refractivity contribution in [3.63, 3.8) is 0 Å². The van der Waals surface area contributed by atoms with Crippen LogP contribution in [0.1, 0.15) is 21.5 Å². The molecule has 0 radical (unpaired) electrons. The highest BCUT2D eigenvalue weighted by molar-refractivity contribution is 5.95. The lowest BCUT2D eigenvalue weighted by molar-refractivity contribution is -0.138. The van der Waals surface area contributed by atoms with E-state index in [4.69, 9.17) is 5.73 Å². The summed E-state index contributed by atoms with van der Waals surface area (Å²) in [5.74, 6) is -0.370. The number of rotatable bonds is 3. The molecule has 0 fully saturated rings. The molecule has 0 saturated carbocycles. The first-order chi connectivity index (χ1) is 10.2. The maximum atomic E-state index is 12.9. The molecule has 0 unspecified atom stereocenters. The largest absolute Gasteiger partial charge is 0.418 e. The molecule has 0 spiro atoms. The van der Waals surface area contributed by atoms with Gasteiger partial charge in [0.15, 0.2) is 0 Å². The van der Waals surface area contributed by atoms with Gasteiger partial charge in [0.2, 0.25) is 0 Å². The van der Waals surface area contributed by atoms with E-state index in [-0.39, 0.29) is 12.1 Å². The van der Waals surface area contributed by atoms with E-state index < -0.39 is 17.6 Å². The van der Waals surface area contributed by atoms with Gasteiger partial charge in [0.25, 0.3) is 5.91 Å². The molecule has 2 heterocycles. The molecule has 22 heavy (non-hydrogen) atoms. The van der Waals surface area contributed by atoms with Crippen LogP contribution in [-0.4, -0.2) is 27.4 Å². The molecule has 0 aliphatic carbocycles. The second-order valence-electron chi connectivity index (χ2n) is 5.00. The van der Waals surface area contributed by atoms with Gasteiger partial charge in [-0.15, -0.1) is 0 Å². The normalized spacial score (nSPS) is 11.5. The zero-order chi connectivity index (χ0) is 16.5. The number of nitrogens with two attached hydrogens (primary N) is 1. The van der Waals surface area contributed by atoms with E-state index in [0.29, 0.717) is 11.4 Å². The molecular formula is C14H15F3N4O. The van der Waals surface area contributed by atoms with Gasteiger partial charge in [-0.1, -0.05) is 6.07 Å². The Balaban J connectivity index is 2.22. The summed E-state index contributed by atoms with van der Waals surface area (Å²) in [6, 6.07) is 3.24. The molecule has 5 nitrogen and oxygen atoms in total. The molecule has 0 bridgehead atoms. The smallest absolute Gasteiger partial charge is 0.384 e. The monoisotopic (exact) mass is 312 g/mol. The minimum absolute atomic E-state index is 0.137. The van der Waals surface area contributed by atoms with E-state index in [2.05, 4.69) is 4.98 Å². The minimum Gasteiger partial charge on any atom is -0.384 e. The first kappa shape index (κ1) is 15.9. The van der Waals surface area contributed by atoms with Crippen LogP contribution in [0, 0.1) is 0 Å². The third-order valence-corrected chi connectivity index (χ3v) is 3.11. The van der Waals surface area contributed by atoms with Crippen LogP contribution in [-0.2, 0) is 19.8 Å². The fourth-order valence-electron chi connectivity index (χ4n) is 2.06. The number of hydrogen-bond donors (Lipinski definition) is 1. The lowest BCUT2D eigenvalue weighted by Gasteiger charge is -2.18. The zero-order valence-electron chi connectivity index (χ0n) is 12.1. The summed E-state index contributed by atoms with van der Waals surface area (Å²) >= 11 is 0. The Labute approximate surface area is 125 Å². The summed E-state index contributed by atoms with van der Waals surface area (Å²) < 4.78 is 40.1. The molecule has 2 rings (SSSR count). The Kier molecular flexibility index (Phi) is 4.11. The van der Waals surface area contributed by atoms with Crippen molar-refractivity contribution >= 4 is 11.7 Å². The number of amides is 1. The third-order valence-electron chi connectivity index (χ3n) is 3.11. The number of carbonyl (C=O) groups is 1. The first-order valence-corrected chi connectivity index (χ1v) is 6.37. The van der Waals surface area contributed by atoms with Crippen LogP contribution in [0.4, 0.5) is 19.0 Å². The molecule has 0 saturated heterocycles. The predicted octanol–water partition coefficient (Wildman–Crippen LogP) is 2.29. The van der Waals surface area contributed by atoms with Crippen LogP contribution >= 0.6 is 0 Å². The van der Waals surface area contributed by atoms with Gasteiger partial charge in [-0.05, 0) is 11.6 Å². The summed E-state index contributed by atoms with van der Waals surface area (Å²) in [7, 11) is 2.88. The highest BCUT2D eigenvalue weighted by atomic mass is 19.4. The molecular weight excluding hydrogens is 297 g/mol. The lowest BCUT2D eigenvalue weighted by Crippen LogP contribution is -2.27. The van der Waals surface area contributed by atoms with Crippen LogP contribution in [0.2, 0.25) is 0 Å². The first-order valence-electron chi connectivity index (χ1n) is 6.37. The van der Waals surface area contributed by atoms with Crippen molar-refractivity contribution in [1.82, 2.24) is 14.5 Å². The second kappa shape index (κ2) is 5.70. The summed E-state index contributed by atoms with van der Waals surface area (Å²) in [4.78, 5) is 17.4. The number of nitrogen functional groups attached to an aromatic ring is 1. The molecule has 1 amide bonds. The van der Waals surface area contributed by atoms with Crippen molar-refractivity contribution in [2.75, 3.05) is 12.8 Å². The van der Waals surface area contributed by atoms with Gasteiger partial charge in [0.05, 0.1) is 11.1 Å². The van der Waals surface area contributed by atoms with E-state index >= 15 is 0 Å². The number of carbonyl (C=O) groups excluding carboxylic acids is 1. The Bertz CT molecular complexity index is 676. The molecule has 0 aliphatic heterocycles. The lowest BCUT2D eigenvalue weighted by atomic mass is 10.1. The summed E-state index contributed by atoms with van der Waals surface area (Å²) in [6.07, 6.45) is -1.03. The average molecular weight is 312 g/mol. The molecule has 2 N–H and O–H groups in total. The molecule has 8 heteroatoms. The molecule has 0 aliphatic rings. The molecule has 2 aromatic heterocycles. The molecule has 118 valence electrons. The number of pyridine rings is 1. The van der Waals surface area contributed by atoms with E-state index in [0.717, 1.165) is 6.20 Å². The van der Waals surface area contributed by atoms with Gasteiger partial charge in [-0.25, -0.2) is 4.98 Å². The highest BCUT2D eigenvalue weighted by Crippen LogP contribution is 2.33. The number of aromatic nitrogens is 2. The average Bonchev–Trinajstić information content (AvgIpc) is 2.82. The van der Waals surface area contributed by atoms with Crippen molar-refractivity contribution in [2.24, 2.45) is 7.05 Å². The summed E-state index contributed by atoms with van der Waals surface area (Å²) in [6.45, 7) is 0.137. The fraction of sp³-hybridized carbons (Fsp3) is 0.286. The zero-order valence-corrected chi connectivity index (χ0v) is 12.1. The van der Waals surface area contributed by atoms with Crippen molar-refractivity contribution in [3.8, 4) is 0 Å². The predicted molar refractivity (Wildman–Crippen MR) is 74.9 cm³/mol. The van der Waals surface area contributed by atoms with Crippen LogP contribution < -0.4 is 5.73 Å². The standard InChI is InChI=1S/C14H15F3N4O/c1-20-7-10(11(8-20)14(15,16)17)13(22)21(2)6-9-3-4-12(18)19-5-9/h3-5,7-8H,6H2,1-2H3,(H2,18,19). The van der Waals surface area contributed by atoms with E-state index in [9.17, 15) is 18.0 Å². The Morgan fingerprint density at radius 2 is 2.05 bits per heavy atom. The Morgan fingerprint density at radius 1 is 1.36 bits per heavy atom. The van der Waals surface area contributed by atoms with Gasteiger partial charge in [0.1, 0.15) is 5.82 Å². The van der Waals surface area contributed by atoms with Crippen LogP contribution in [0.25, 0.3) is 0 Å². The van der Waals surface area contributed by atoms with E-state index in [1.54, 1.807) is 12.1 Å². The topological polar surface area (TPSA) is 64.2 Å². The second-order valence-corrected chi connectivity index (χ2v) is 5.00. The number of nitrogens with zero attached hydrogens (tertiary/aromatic N) is 3. The maximum absolute atomic E-state index is 12.9. The quantitative estimate of drug-likeness (QED) is 0.946. The van der Waals surface area contributed by atoms with Crippen LogP contribution in [0.3, 0.4) is 0 Å². The number of alkyl halides is 3. The van der Waals surface area contributed by atoms with E-state index in [1.165, 1.54) is 36.0 Å². The summed E-state index contributed by atoms with van der Waals surface area (Å²) in [5, 5.41) is 0. The number of halogens is 3. The molecule has 0 aromatic carbocycles. The summed E-state index contributed by atoms with van der Waals surface area (Å²) in [5.41, 5.74) is 4.82. The van der Waals surface area contributed by atoms with Gasteiger partial charge in [0, 0.05) is 39.2 Å². The van der Waals surface area contributed by atoms with Gasteiger partial charge >= 0.3 is 6.18 Å². The molecule has 2 aromatic rings. The van der Waals surface area contributed by atoms with Crippen molar-refractivity contribution < 1.29 is 18.0 Å². The van der Waals surface area contributed by atoms with Crippen molar-refractivity contribution in [1.29, 1.82) is 0 Å². The number of anilines is 1. The van der Waals surface area contributed by atoms with Gasteiger partial charge in [-0.2, -0.15) is 13.2 Å². The Morgan fingerprint density at radius 3 is 2.59 bits per heavy atom. The van der Waals surface area contributed by atoms with Gasteiger partial charge < -0.3 is 15.2 Å². The number of aryl methyl sites for hydroxylation is 1. The van der Waals surface area contributed by atoms with Gasteiger partial charge in [-0.3, -0.25) is 4.79 Å². The highest BCUT2D eigenvalue weighted by Gasteiger charge is 2.37. The van der Waals surface area contributed by atoms with Crippen LogP contribution in [0.15, 0.2) is 30.7 Å². The Hall–Kier alpha value is -2.51. The van der Waals surface area contributed by atoms with E-state index in [1.807, 2.05) is 0 Å². The third kappa shape index (κ3) is 3.38. The maximum Gasteiger partial charge on any atom is 0.418 e. The SMILES string of the molecule is CN(Cc1ccc(N)nc1)C(=O)c1cn(C)cc1C(F)(F)F.